The Kier molecular flexibility index (Phi) is 5.81. The van der Waals surface area contributed by atoms with Gasteiger partial charge in [-0.1, -0.05) is 17.7 Å². The van der Waals surface area contributed by atoms with Gasteiger partial charge in [-0.3, -0.25) is 0 Å². The van der Waals surface area contributed by atoms with E-state index in [2.05, 4.69) is 20.7 Å². The first kappa shape index (κ1) is 16.9. The van der Waals surface area contributed by atoms with Crippen molar-refractivity contribution in [2.24, 2.45) is 0 Å². The van der Waals surface area contributed by atoms with Crippen molar-refractivity contribution in [3.8, 4) is 0 Å². The number of aliphatic hydroxyl groups is 1. The molecule has 0 bridgehead atoms. The van der Waals surface area contributed by atoms with E-state index >= 15 is 0 Å². The highest BCUT2D eigenvalue weighted by atomic mass is 79.9. The Labute approximate surface area is 140 Å². The quantitative estimate of drug-likeness (QED) is 0.768. The second-order valence-corrected chi connectivity index (χ2v) is 8.67. The molecule has 1 aromatic heterocycles. The molecule has 0 aliphatic carbocycles. The first-order valence-electron chi connectivity index (χ1n) is 6.05. The van der Waals surface area contributed by atoms with E-state index < -0.39 is 10.0 Å². The van der Waals surface area contributed by atoms with E-state index in [1.807, 2.05) is 6.07 Å². The zero-order chi connectivity index (χ0) is 15.5. The lowest BCUT2D eigenvalue weighted by Crippen LogP contribution is -2.26. The van der Waals surface area contributed by atoms with Crippen LogP contribution in [0.1, 0.15) is 10.4 Å². The zero-order valence-electron chi connectivity index (χ0n) is 10.8. The molecule has 1 aromatic carbocycles. The highest BCUT2D eigenvalue weighted by molar-refractivity contribution is 9.10. The molecule has 0 atom stereocenters. The molecular weight excluding hydrogens is 398 g/mol. The fourth-order valence-corrected chi connectivity index (χ4v) is 4.86. The molecule has 0 radical (unpaired) electrons. The smallest absolute Gasteiger partial charge is 0.241 e. The monoisotopic (exact) mass is 409 g/mol. The van der Waals surface area contributed by atoms with Gasteiger partial charge in [0.25, 0.3) is 0 Å². The highest BCUT2D eigenvalue weighted by Crippen LogP contribution is 2.24. The van der Waals surface area contributed by atoms with Gasteiger partial charge < -0.3 is 5.11 Å². The number of halogens is 2. The molecule has 0 unspecified atom stereocenters. The molecule has 2 aromatic rings. The molecule has 0 saturated heterocycles. The first-order chi connectivity index (χ1) is 9.92. The summed E-state index contributed by atoms with van der Waals surface area (Å²) in [6.07, 6.45) is 0.577. The lowest BCUT2D eigenvalue weighted by Gasteiger charge is -2.09. The first-order valence-corrected chi connectivity index (χ1v) is 9.52. The second kappa shape index (κ2) is 7.21. The Morgan fingerprint density at radius 1 is 1.29 bits per heavy atom. The summed E-state index contributed by atoms with van der Waals surface area (Å²) >= 11 is 10.5. The molecule has 0 fully saturated rings. The van der Waals surface area contributed by atoms with Crippen molar-refractivity contribution < 1.29 is 13.5 Å². The summed E-state index contributed by atoms with van der Waals surface area (Å²) in [5.41, 5.74) is 0.545. The Bertz CT molecular complexity index is 731. The Hall–Kier alpha value is -0.440. The van der Waals surface area contributed by atoms with Gasteiger partial charge >= 0.3 is 0 Å². The summed E-state index contributed by atoms with van der Waals surface area (Å²) in [6.45, 7) is 0.0818. The minimum Gasteiger partial charge on any atom is -0.392 e. The second-order valence-electron chi connectivity index (χ2n) is 4.28. The normalized spacial score (nSPS) is 11.8. The molecule has 1 heterocycles. The molecular formula is C13H13BrClNO3S2. The fourth-order valence-electron chi connectivity index (χ4n) is 1.72. The van der Waals surface area contributed by atoms with Crippen LogP contribution >= 0.6 is 38.9 Å². The third kappa shape index (κ3) is 4.51. The summed E-state index contributed by atoms with van der Waals surface area (Å²) in [5, 5.41) is 9.10. The summed E-state index contributed by atoms with van der Waals surface area (Å²) < 4.78 is 28.2. The van der Waals surface area contributed by atoms with Gasteiger partial charge in [-0.15, -0.1) is 11.3 Å². The minimum atomic E-state index is -3.62. The third-order valence-electron chi connectivity index (χ3n) is 2.76. The molecule has 8 heteroatoms. The van der Waals surface area contributed by atoms with E-state index in [0.717, 1.165) is 4.88 Å². The van der Waals surface area contributed by atoms with Crippen LogP contribution in [0.25, 0.3) is 0 Å². The van der Waals surface area contributed by atoms with Crippen LogP contribution in [0.15, 0.2) is 39.7 Å². The number of hydrogen-bond donors (Lipinski definition) is 2. The molecule has 0 spiro atoms. The van der Waals surface area contributed by atoms with Crippen molar-refractivity contribution >= 4 is 48.9 Å². The van der Waals surface area contributed by atoms with Crippen molar-refractivity contribution in [2.75, 3.05) is 6.54 Å². The van der Waals surface area contributed by atoms with E-state index in [0.29, 0.717) is 20.8 Å². The molecule has 4 nitrogen and oxygen atoms in total. The van der Waals surface area contributed by atoms with Crippen molar-refractivity contribution in [2.45, 2.75) is 17.9 Å². The number of aliphatic hydroxyl groups excluding tert-OH is 1. The number of hydrogen-bond acceptors (Lipinski definition) is 4. The summed E-state index contributed by atoms with van der Waals surface area (Å²) in [7, 11) is -3.62. The Morgan fingerprint density at radius 2 is 2.05 bits per heavy atom. The molecule has 2 rings (SSSR count). The minimum absolute atomic E-state index is 0.123. The van der Waals surface area contributed by atoms with E-state index in [-0.39, 0.29) is 18.0 Å². The maximum atomic E-state index is 12.3. The van der Waals surface area contributed by atoms with Gasteiger partial charge in [0.05, 0.1) is 15.8 Å². The average Bonchev–Trinajstić information content (AvgIpc) is 2.84. The molecule has 0 aliphatic rings. The molecule has 21 heavy (non-hydrogen) atoms. The Morgan fingerprint density at radius 3 is 2.67 bits per heavy atom. The maximum absolute atomic E-state index is 12.3. The van der Waals surface area contributed by atoms with Gasteiger partial charge in [-0.25, -0.2) is 13.1 Å². The van der Waals surface area contributed by atoms with E-state index in [9.17, 15) is 8.42 Å². The van der Waals surface area contributed by atoms with Gasteiger partial charge in [0.2, 0.25) is 10.0 Å². The van der Waals surface area contributed by atoms with E-state index in [4.69, 9.17) is 16.7 Å². The number of nitrogens with one attached hydrogen (secondary N) is 1. The third-order valence-corrected chi connectivity index (χ3v) is 6.51. The topological polar surface area (TPSA) is 66.4 Å². The van der Waals surface area contributed by atoms with Gasteiger partial charge in [0, 0.05) is 15.9 Å². The summed E-state index contributed by atoms with van der Waals surface area (Å²) in [5.74, 6) is 0. The van der Waals surface area contributed by atoms with Crippen LogP contribution < -0.4 is 4.72 Å². The van der Waals surface area contributed by atoms with Crippen LogP contribution in [-0.4, -0.2) is 20.1 Å². The van der Waals surface area contributed by atoms with Gasteiger partial charge in [-0.05, 0) is 52.2 Å². The lowest BCUT2D eigenvalue weighted by atomic mass is 10.2. The van der Waals surface area contributed by atoms with Crippen LogP contribution in [0.5, 0.6) is 0 Å². The summed E-state index contributed by atoms with van der Waals surface area (Å²) in [6, 6.07) is 8.39. The van der Waals surface area contributed by atoms with Gasteiger partial charge in [0.1, 0.15) is 0 Å². The predicted octanol–water partition coefficient (Wildman–Crippen LogP) is 3.18. The molecule has 114 valence electrons. The fraction of sp³-hybridized carbons (Fsp3) is 0.231. The largest absolute Gasteiger partial charge is 0.392 e. The van der Waals surface area contributed by atoms with Crippen molar-refractivity contribution in [1.29, 1.82) is 0 Å². The van der Waals surface area contributed by atoms with Crippen LogP contribution in [0, 0.1) is 0 Å². The van der Waals surface area contributed by atoms with Gasteiger partial charge in [0.15, 0.2) is 0 Å². The maximum Gasteiger partial charge on any atom is 0.241 e. The number of thiophene rings is 1. The SMILES string of the molecule is O=S(=O)(NCCc1ccc(Cl)s1)c1cc(CO)ccc1Br. The number of sulfonamides is 1. The predicted molar refractivity (Wildman–Crippen MR) is 88.3 cm³/mol. The van der Waals surface area contributed by atoms with Crippen molar-refractivity contribution in [3.63, 3.8) is 0 Å². The standard InChI is InChI=1S/C13H13BrClNO3S2/c14-11-3-1-9(8-17)7-12(11)21(18,19)16-6-5-10-2-4-13(15)20-10/h1-4,7,16-17H,5-6,8H2. The molecule has 0 amide bonds. The summed E-state index contributed by atoms with van der Waals surface area (Å²) in [4.78, 5) is 1.14. The van der Waals surface area contributed by atoms with Crippen molar-refractivity contribution in [3.05, 3.63) is 49.6 Å². The Balaban J connectivity index is 2.07. The van der Waals surface area contributed by atoms with E-state index in [1.165, 1.54) is 17.4 Å². The van der Waals surface area contributed by atoms with Gasteiger partial charge in [-0.2, -0.15) is 0 Å². The van der Waals surface area contributed by atoms with Crippen LogP contribution in [0.4, 0.5) is 0 Å². The van der Waals surface area contributed by atoms with Crippen LogP contribution in [0.3, 0.4) is 0 Å². The molecule has 0 aliphatic heterocycles. The number of benzene rings is 1. The van der Waals surface area contributed by atoms with Crippen molar-refractivity contribution in [1.82, 2.24) is 4.72 Å². The van der Waals surface area contributed by atoms with Crippen LogP contribution in [-0.2, 0) is 23.1 Å². The van der Waals surface area contributed by atoms with E-state index in [1.54, 1.807) is 18.2 Å². The average molecular weight is 411 g/mol. The van der Waals surface area contributed by atoms with Crippen LogP contribution in [0.2, 0.25) is 4.34 Å². The molecule has 2 N–H and O–H groups in total. The molecule has 0 saturated carbocycles. The highest BCUT2D eigenvalue weighted by Gasteiger charge is 2.17. The lowest BCUT2D eigenvalue weighted by molar-refractivity contribution is 0.281. The zero-order valence-corrected chi connectivity index (χ0v) is 14.8. The number of rotatable bonds is 6.